The average Bonchev–Trinajstić information content (AvgIpc) is 3.44. The van der Waals surface area contributed by atoms with Crippen LogP contribution < -0.4 is 14.2 Å². The molecule has 2 N–H and O–H groups in total. The average molecular weight is 545 g/mol. The van der Waals surface area contributed by atoms with E-state index in [1.807, 2.05) is 26.8 Å². The zero-order chi connectivity index (χ0) is 26.9. The molecule has 4 rings (SSSR count). The van der Waals surface area contributed by atoms with Crippen LogP contribution in [0.15, 0.2) is 36.7 Å². The van der Waals surface area contributed by atoms with E-state index in [4.69, 9.17) is 9.47 Å². The highest BCUT2D eigenvalue weighted by Gasteiger charge is 2.34. The van der Waals surface area contributed by atoms with E-state index < -0.39 is 21.4 Å². The number of sulfonamides is 1. The number of methoxy groups -OCH3 is 2. The molecule has 11 nitrogen and oxygen atoms in total. The molecule has 196 valence electrons. The van der Waals surface area contributed by atoms with Crippen LogP contribution in [0.5, 0.6) is 11.5 Å². The Bertz CT molecular complexity index is 1490. The minimum Gasteiger partial charge on any atom is -0.494 e. The van der Waals surface area contributed by atoms with Gasteiger partial charge in [-0.25, -0.2) is 13.4 Å². The molecule has 0 bridgehead atoms. The lowest BCUT2D eigenvalue weighted by Crippen LogP contribution is -2.31. The predicted molar refractivity (Wildman–Crippen MR) is 141 cm³/mol. The largest absolute Gasteiger partial charge is 0.494 e. The standard InChI is InChI=1S/C24H28N6O5S2/c1-13-10-17(12-25-11-13)22-27-28-24(30(22)20-18(34-5)8-7-9-19(20)35-6)29-37(32,33)16(4)21(31)23-26-14(2)15(3)36-23/h7-12,16,21,31H,1-6H3,(H,28,29)/t16-,21-/m0/s1. The molecule has 37 heavy (non-hydrogen) atoms. The molecule has 0 saturated carbocycles. The van der Waals surface area contributed by atoms with E-state index in [1.54, 1.807) is 30.6 Å². The van der Waals surface area contributed by atoms with Crippen LogP contribution in [-0.4, -0.2) is 57.7 Å². The maximum absolute atomic E-state index is 13.4. The first-order valence-electron chi connectivity index (χ1n) is 11.3. The molecule has 0 aliphatic rings. The van der Waals surface area contributed by atoms with Gasteiger partial charge < -0.3 is 14.6 Å². The van der Waals surface area contributed by atoms with Crippen LogP contribution in [0.4, 0.5) is 5.95 Å². The molecule has 0 unspecified atom stereocenters. The Morgan fingerprint density at radius 1 is 1.08 bits per heavy atom. The van der Waals surface area contributed by atoms with Gasteiger partial charge in [-0.2, -0.15) is 0 Å². The van der Waals surface area contributed by atoms with Crippen molar-refractivity contribution in [3.8, 4) is 28.6 Å². The van der Waals surface area contributed by atoms with Gasteiger partial charge in [-0.15, -0.1) is 21.5 Å². The van der Waals surface area contributed by atoms with Crippen molar-refractivity contribution in [2.24, 2.45) is 0 Å². The first kappa shape index (κ1) is 26.5. The Kier molecular flexibility index (Phi) is 7.48. The molecule has 3 heterocycles. The molecule has 1 aromatic carbocycles. The summed E-state index contributed by atoms with van der Waals surface area (Å²) in [5.41, 5.74) is 2.63. The van der Waals surface area contributed by atoms with Crippen LogP contribution in [-0.2, 0) is 10.0 Å². The number of ether oxygens (including phenoxy) is 2. The third kappa shape index (κ3) is 5.15. The number of hydrogen-bond donors (Lipinski definition) is 2. The summed E-state index contributed by atoms with van der Waals surface area (Å²) in [6.07, 6.45) is 1.96. The highest BCUT2D eigenvalue weighted by Crippen LogP contribution is 2.38. The molecule has 0 aliphatic heterocycles. The predicted octanol–water partition coefficient (Wildman–Crippen LogP) is 3.59. The van der Waals surface area contributed by atoms with Crippen molar-refractivity contribution in [3.63, 3.8) is 0 Å². The quantitative estimate of drug-likeness (QED) is 0.323. The fourth-order valence-corrected chi connectivity index (χ4v) is 5.83. The second-order valence-electron chi connectivity index (χ2n) is 8.44. The number of para-hydroxylation sites is 1. The third-order valence-corrected chi connectivity index (χ3v) is 8.73. The van der Waals surface area contributed by atoms with E-state index in [0.717, 1.165) is 16.1 Å². The van der Waals surface area contributed by atoms with Crippen LogP contribution in [0.1, 0.15) is 34.2 Å². The van der Waals surface area contributed by atoms with Crippen LogP contribution in [0.3, 0.4) is 0 Å². The lowest BCUT2D eigenvalue weighted by atomic mass is 10.2. The molecule has 4 aromatic rings. The molecule has 0 spiro atoms. The number of nitrogens with one attached hydrogen (secondary N) is 1. The zero-order valence-electron chi connectivity index (χ0n) is 21.3. The summed E-state index contributed by atoms with van der Waals surface area (Å²) in [7, 11) is -1.17. The van der Waals surface area contributed by atoms with Crippen LogP contribution in [0.25, 0.3) is 17.1 Å². The molecule has 0 amide bonds. The van der Waals surface area contributed by atoms with E-state index in [0.29, 0.717) is 33.6 Å². The minimum atomic E-state index is -4.16. The number of aliphatic hydroxyl groups excluding tert-OH is 1. The molecule has 0 radical (unpaired) electrons. The first-order chi connectivity index (χ1) is 17.6. The summed E-state index contributed by atoms with van der Waals surface area (Å²) in [5, 5.41) is 18.4. The third-order valence-electron chi connectivity index (χ3n) is 5.89. The molecular formula is C24H28N6O5S2. The zero-order valence-corrected chi connectivity index (χ0v) is 22.9. The van der Waals surface area contributed by atoms with Gasteiger partial charge in [-0.05, 0) is 51.5 Å². The lowest BCUT2D eigenvalue weighted by molar-refractivity contribution is 0.175. The topological polar surface area (TPSA) is 141 Å². The Morgan fingerprint density at radius 3 is 2.32 bits per heavy atom. The number of thiazole rings is 1. The van der Waals surface area contributed by atoms with Crippen molar-refractivity contribution in [3.05, 3.63) is 57.8 Å². The van der Waals surface area contributed by atoms with E-state index in [-0.39, 0.29) is 5.95 Å². The van der Waals surface area contributed by atoms with E-state index in [2.05, 4.69) is 24.9 Å². The van der Waals surface area contributed by atoms with E-state index >= 15 is 0 Å². The number of benzene rings is 1. The fourth-order valence-electron chi connectivity index (χ4n) is 3.69. The summed E-state index contributed by atoms with van der Waals surface area (Å²) in [5.74, 6) is 1.02. The summed E-state index contributed by atoms with van der Waals surface area (Å²) >= 11 is 1.26. The molecule has 2 atom stereocenters. The van der Waals surface area contributed by atoms with Gasteiger partial charge in [0.15, 0.2) is 5.82 Å². The smallest absolute Gasteiger partial charge is 0.243 e. The number of hydrogen-bond acceptors (Lipinski definition) is 10. The first-order valence-corrected chi connectivity index (χ1v) is 13.7. The normalized spacial score (nSPS) is 13.3. The molecular weight excluding hydrogens is 516 g/mol. The summed E-state index contributed by atoms with van der Waals surface area (Å²) in [4.78, 5) is 9.46. The second kappa shape index (κ2) is 10.4. The maximum Gasteiger partial charge on any atom is 0.243 e. The number of rotatable bonds is 9. The number of anilines is 1. The molecule has 13 heteroatoms. The van der Waals surface area contributed by atoms with Crippen molar-refractivity contribution >= 4 is 27.3 Å². The Balaban J connectivity index is 1.84. The number of aryl methyl sites for hydroxylation is 3. The van der Waals surface area contributed by atoms with Gasteiger partial charge in [0.2, 0.25) is 16.0 Å². The van der Waals surface area contributed by atoms with Crippen LogP contribution in [0, 0.1) is 20.8 Å². The van der Waals surface area contributed by atoms with Crippen molar-refractivity contribution in [1.29, 1.82) is 0 Å². The number of nitrogens with zero attached hydrogens (tertiary/aromatic N) is 5. The molecule has 3 aromatic heterocycles. The van der Waals surface area contributed by atoms with Gasteiger partial charge in [0.05, 0.1) is 19.9 Å². The SMILES string of the molecule is COc1cccc(OC)c1-n1c(NS(=O)(=O)[C@@H](C)[C@H](O)c2nc(C)c(C)s2)nnc1-c1cncc(C)c1. The lowest BCUT2D eigenvalue weighted by Gasteiger charge is -2.20. The monoisotopic (exact) mass is 544 g/mol. The van der Waals surface area contributed by atoms with Gasteiger partial charge in [-0.3, -0.25) is 14.3 Å². The van der Waals surface area contributed by atoms with Gasteiger partial charge in [0, 0.05) is 22.8 Å². The van der Waals surface area contributed by atoms with Gasteiger partial charge in [-0.1, -0.05) is 6.07 Å². The summed E-state index contributed by atoms with van der Waals surface area (Å²) in [6.45, 7) is 6.97. The number of aliphatic hydroxyl groups is 1. The van der Waals surface area contributed by atoms with Gasteiger partial charge >= 0.3 is 0 Å². The van der Waals surface area contributed by atoms with E-state index in [9.17, 15) is 13.5 Å². The number of pyridine rings is 1. The molecule has 0 saturated heterocycles. The Morgan fingerprint density at radius 2 is 1.76 bits per heavy atom. The van der Waals surface area contributed by atoms with Crippen molar-refractivity contribution < 1.29 is 23.0 Å². The molecule has 0 fully saturated rings. The Hall–Kier alpha value is -3.55. The van der Waals surface area contributed by atoms with Gasteiger partial charge in [0.25, 0.3) is 0 Å². The highest BCUT2D eigenvalue weighted by atomic mass is 32.2. The summed E-state index contributed by atoms with van der Waals surface area (Å²) < 4.78 is 42.1. The van der Waals surface area contributed by atoms with Crippen LogP contribution >= 0.6 is 11.3 Å². The van der Waals surface area contributed by atoms with Crippen molar-refractivity contribution in [2.45, 2.75) is 39.0 Å². The minimum absolute atomic E-state index is 0.107. The van der Waals surface area contributed by atoms with E-state index in [1.165, 1.54) is 37.0 Å². The van der Waals surface area contributed by atoms with Gasteiger partial charge in [0.1, 0.15) is 33.5 Å². The fraction of sp³-hybridized carbons (Fsp3) is 0.333. The molecule has 0 aliphatic carbocycles. The second-order valence-corrected chi connectivity index (χ2v) is 11.7. The Labute approximate surface area is 219 Å². The maximum atomic E-state index is 13.4. The van der Waals surface area contributed by atoms with Crippen molar-refractivity contribution in [2.75, 3.05) is 18.9 Å². The highest BCUT2D eigenvalue weighted by molar-refractivity contribution is 7.93. The summed E-state index contributed by atoms with van der Waals surface area (Å²) in [6, 6.07) is 7.04. The van der Waals surface area contributed by atoms with Crippen molar-refractivity contribution in [1.82, 2.24) is 24.7 Å². The van der Waals surface area contributed by atoms with Crippen LogP contribution in [0.2, 0.25) is 0 Å². The number of aromatic nitrogens is 5.